The quantitative estimate of drug-likeness (QED) is 0.214. The van der Waals surface area contributed by atoms with E-state index in [4.69, 9.17) is 19.2 Å². The fourth-order valence-corrected chi connectivity index (χ4v) is 7.43. The summed E-state index contributed by atoms with van der Waals surface area (Å²) >= 11 is 0. The van der Waals surface area contributed by atoms with E-state index in [1.54, 1.807) is 0 Å². The maximum Gasteiger partial charge on any atom is 0.165 e. The molecule has 0 amide bonds. The molecule has 3 aliphatic rings. The third-order valence-corrected chi connectivity index (χ3v) is 9.35. The molecule has 0 aliphatic carbocycles. The van der Waals surface area contributed by atoms with Crippen molar-refractivity contribution in [3.05, 3.63) is 150 Å². The zero-order valence-corrected chi connectivity index (χ0v) is 24.1. The van der Waals surface area contributed by atoms with Crippen LogP contribution in [0.15, 0.2) is 128 Å². The summed E-state index contributed by atoms with van der Waals surface area (Å²) in [4.78, 5) is 7.44. The van der Waals surface area contributed by atoms with Crippen molar-refractivity contribution in [3.8, 4) is 28.4 Å². The molecule has 0 N–H and O–H groups in total. The lowest BCUT2D eigenvalue weighted by atomic mass is 9.74. The highest BCUT2D eigenvalue weighted by atomic mass is 16.6. The minimum absolute atomic E-state index is 0.0155. The van der Waals surface area contributed by atoms with Gasteiger partial charge in [-0.05, 0) is 46.5 Å². The highest BCUT2D eigenvalue weighted by Crippen LogP contribution is 2.58. The highest BCUT2D eigenvalue weighted by molar-refractivity contribution is 5.88. The first-order valence-electron chi connectivity index (χ1n) is 15.2. The number of aromatic nitrogens is 1. The van der Waals surface area contributed by atoms with Gasteiger partial charge in [0.1, 0.15) is 25.6 Å². The summed E-state index contributed by atoms with van der Waals surface area (Å²) in [7, 11) is 0. The van der Waals surface area contributed by atoms with E-state index in [2.05, 4.69) is 114 Å². The fourth-order valence-electron chi connectivity index (χ4n) is 7.43. The molecule has 1 unspecified atom stereocenters. The molecule has 0 fully saturated rings. The molecule has 5 aromatic carbocycles. The first kappa shape index (κ1) is 25.2. The average Bonchev–Trinajstić information content (AvgIpc) is 3.62. The number of hydrogen-bond donors (Lipinski definition) is 0. The second kappa shape index (κ2) is 9.88. The van der Waals surface area contributed by atoms with Crippen molar-refractivity contribution < 1.29 is 14.2 Å². The average molecular weight is 575 g/mol. The molecular weight excluding hydrogens is 544 g/mol. The Morgan fingerprint density at radius 2 is 1.36 bits per heavy atom. The molecule has 3 aliphatic heterocycles. The second-order valence-corrected chi connectivity index (χ2v) is 11.8. The Morgan fingerprint density at radius 3 is 2.14 bits per heavy atom. The van der Waals surface area contributed by atoms with Gasteiger partial charge in [0.25, 0.3) is 0 Å². The zero-order chi connectivity index (χ0) is 29.1. The highest BCUT2D eigenvalue weighted by Gasteiger charge is 2.53. The van der Waals surface area contributed by atoms with Crippen molar-refractivity contribution in [2.45, 2.75) is 11.5 Å². The minimum atomic E-state index is -0.426. The molecule has 6 aromatic rings. The lowest BCUT2D eigenvalue weighted by Crippen LogP contribution is -2.38. The normalized spacial score (nSPS) is 18.0. The van der Waals surface area contributed by atoms with Gasteiger partial charge in [-0.1, -0.05) is 91.0 Å². The van der Waals surface area contributed by atoms with Crippen LogP contribution in [0.3, 0.4) is 0 Å². The number of anilines is 1. The van der Waals surface area contributed by atoms with E-state index in [9.17, 15) is 0 Å². The van der Waals surface area contributed by atoms with E-state index in [1.807, 2.05) is 18.3 Å². The van der Waals surface area contributed by atoms with Gasteiger partial charge in [-0.3, -0.25) is 4.98 Å². The molecule has 0 saturated heterocycles. The van der Waals surface area contributed by atoms with Gasteiger partial charge in [0.05, 0.1) is 17.0 Å². The molecule has 1 spiro atoms. The van der Waals surface area contributed by atoms with Crippen LogP contribution in [0, 0.1) is 0 Å². The van der Waals surface area contributed by atoms with E-state index < -0.39 is 5.41 Å². The molecule has 5 heteroatoms. The molecular formula is C39H30N2O3. The monoisotopic (exact) mass is 574 g/mol. The molecule has 0 saturated carbocycles. The summed E-state index contributed by atoms with van der Waals surface area (Å²) < 4.78 is 18.6. The number of rotatable bonds is 4. The minimum Gasteiger partial charge on any atom is -0.492 e. The first-order chi connectivity index (χ1) is 21.8. The standard InChI is InChI=1S/C39H30N2O3/c1-3-10-26(11-4-1)38(27-12-5-2-6-13-27)41-24-39(25-44-34-22-36-35(21-31(34)39)42-18-19-43-36)37-30(15-9-17-33(37)41)29-20-28-14-7-8-16-32(28)40-23-29/h1-17,20-23,38H,18-19,24-25H2. The largest absolute Gasteiger partial charge is 0.492 e. The molecule has 4 heterocycles. The summed E-state index contributed by atoms with van der Waals surface area (Å²) in [5, 5.41) is 1.13. The summed E-state index contributed by atoms with van der Waals surface area (Å²) in [5.74, 6) is 2.40. The Hall–Kier alpha value is -5.29. The summed E-state index contributed by atoms with van der Waals surface area (Å²) in [6.07, 6.45) is 2.01. The predicted molar refractivity (Wildman–Crippen MR) is 173 cm³/mol. The van der Waals surface area contributed by atoms with Gasteiger partial charge in [0, 0.05) is 41.0 Å². The van der Waals surface area contributed by atoms with Gasteiger partial charge in [0.15, 0.2) is 11.5 Å². The van der Waals surface area contributed by atoms with Gasteiger partial charge in [-0.15, -0.1) is 0 Å². The second-order valence-electron chi connectivity index (χ2n) is 11.8. The maximum atomic E-state index is 6.58. The van der Waals surface area contributed by atoms with Crippen LogP contribution in [-0.4, -0.2) is 31.3 Å². The molecule has 214 valence electrons. The number of hydrogen-bond acceptors (Lipinski definition) is 5. The van der Waals surface area contributed by atoms with Crippen LogP contribution in [-0.2, 0) is 5.41 Å². The number of nitrogens with zero attached hydrogens (tertiary/aromatic N) is 2. The van der Waals surface area contributed by atoms with E-state index in [-0.39, 0.29) is 6.04 Å². The molecule has 0 bridgehead atoms. The topological polar surface area (TPSA) is 43.8 Å². The Bertz CT molecular complexity index is 1990. The number of benzene rings is 5. The molecule has 1 atom stereocenters. The van der Waals surface area contributed by atoms with E-state index >= 15 is 0 Å². The fraction of sp³-hybridized carbons (Fsp3) is 0.154. The summed E-state index contributed by atoms with van der Waals surface area (Å²) in [6, 6.07) is 43.1. The number of fused-ring (bicyclic) bond motifs is 6. The molecule has 44 heavy (non-hydrogen) atoms. The lowest BCUT2D eigenvalue weighted by Gasteiger charge is -2.33. The van der Waals surface area contributed by atoms with Crippen molar-refractivity contribution in [1.82, 2.24) is 4.98 Å². The van der Waals surface area contributed by atoms with Crippen LogP contribution in [0.5, 0.6) is 17.2 Å². The van der Waals surface area contributed by atoms with Gasteiger partial charge < -0.3 is 19.1 Å². The van der Waals surface area contributed by atoms with Gasteiger partial charge >= 0.3 is 0 Å². The SMILES string of the molecule is c1ccc(C(c2ccccc2)N2CC3(COc4cc5c(cc43)OCCO5)c3c(-c4cnc5ccccc5c4)cccc32)cc1. The van der Waals surface area contributed by atoms with Crippen molar-refractivity contribution in [1.29, 1.82) is 0 Å². The van der Waals surface area contributed by atoms with Crippen molar-refractivity contribution in [2.24, 2.45) is 0 Å². The van der Waals surface area contributed by atoms with Gasteiger partial charge in [-0.2, -0.15) is 0 Å². The Kier molecular flexibility index (Phi) is 5.67. The summed E-state index contributed by atoms with van der Waals surface area (Å²) in [6.45, 7) is 2.37. The first-order valence-corrected chi connectivity index (χ1v) is 15.2. The zero-order valence-electron chi connectivity index (χ0n) is 24.1. The van der Waals surface area contributed by atoms with Crippen LogP contribution in [0.2, 0.25) is 0 Å². The van der Waals surface area contributed by atoms with Crippen LogP contribution in [0.4, 0.5) is 5.69 Å². The molecule has 0 radical (unpaired) electrons. The van der Waals surface area contributed by atoms with Crippen LogP contribution in [0.1, 0.15) is 28.3 Å². The van der Waals surface area contributed by atoms with Gasteiger partial charge in [-0.25, -0.2) is 0 Å². The van der Waals surface area contributed by atoms with Crippen molar-refractivity contribution in [3.63, 3.8) is 0 Å². The molecule has 9 rings (SSSR count). The number of ether oxygens (including phenoxy) is 3. The van der Waals surface area contributed by atoms with Crippen LogP contribution < -0.4 is 19.1 Å². The Balaban J connectivity index is 1.30. The van der Waals surface area contributed by atoms with Gasteiger partial charge in [0.2, 0.25) is 0 Å². The summed E-state index contributed by atoms with van der Waals surface area (Å²) in [5.41, 5.74) is 8.96. The third kappa shape index (κ3) is 3.82. The third-order valence-electron chi connectivity index (χ3n) is 9.35. The van der Waals surface area contributed by atoms with Crippen molar-refractivity contribution in [2.75, 3.05) is 31.3 Å². The Labute approximate surface area is 256 Å². The predicted octanol–water partition coefficient (Wildman–Crippen LogP) is 7.96. The lowest BCUT2D eigenvalue weighted by molar-refractivity contribution is 0.171. The van der Waals surface area contributed by atoms with E-state index in [0.29, 0.717) is 19.8 Å². The molecule has 1 aromatic heterocycles. The van der Waals surface area contributed by atoms with Crippen LogP contribution in [0.25, 0.3) is 22.0 Å². The Morgan fingerprint density at radius 1 is 0.659 bits per heavy atom. The number of para-hydroxylation sites is 1. The van der Waals surface area contributed by atoms with E-state index in [1.165, 1.54) is 27.9 Å². The van der Waals surface area contributed by atoms with Crippen LogP contribution >= 0.6 is 0 Å². The smallest absolute Gasteiger partial charge is 0.165 e. The number of pyridine rings is 1. The molecule has 5 nitrogen and oxygen atoms in total. The van der Waals surface area contributed by atoms with Crippen molar-refractivity contribution >= 4 is 16.6 Å². The van der Waals surface area contributed by atoms with E-state index in [0.717, 1.165) is 45.8 Å². The maximum absolute atomic E-state index is 6.58.